The molecular weight excluding hydrogens is 737 g/mol. The van der Waals surface area contributed by atoms with E-state index in [2.05, 4.69) is 27.3 Å². The molecular formula is C39H31Cl2N5O4S2. The van der Waals surface area contributed by atoms with Gasteiger partial charge in [-0.1, -0.05) is 78.7 Å². The average molecular weight is 769 g/mol. The molecule has 0 saturated heterocycles. The van der Waals surface area contributed by atoms with Crippen LogP contribution in [0.15, 0.2) is 114 Å². The number of nitriles is 1. The van der Waals surface area contributed by atoms with Crippen molar-refractivity contribution in [3.8, 4) is 6.07 Å². The number of halogens is 2. The number of amides is 4. The highest BCUT2D eigenvalue weighted by atomic mass is 35.5. The fourth-order valence-electron chi connectivity index (χ4n) is 4.92. The Hall–Kier alpha value is -5.38. The van der Waals surface area contributed by atoms with Gasteiger partial charge in [-0.25, -0.2) is 0 Å². The van der Waals surface area contributed by atoms with Crippen molar-refractivity contribution in [1.82, 2.24) is 5.32 Å². The maximum atomic E-state index is 13.6. The standard InChI is InChI=1S/C39H31Cl2N5O4S2/c1-3-33(37(49)46-39-29(22-42)23(2)34(52-39)38(50)43-25-14-8-5-9-15-25)51-27-17-10-16-26(20-27)44-36(48)32(21-28-30(40)18-11-19-31(28)41)45-35(47)24-12-6-4-7-13-24/h4-21,33H,3H2,1-2H3,(H,43,50)(H,44,48)(H,45,47)(H,46,49)/b32-21+. The number of nitrogens with one attached hydrogen (secondary N) is 4. The Morgan fingerprint density at radius 2 is 1.46 bits per heavy atom. The van der Waals surface area contributed by atoms with Crippen molar-refractivity contribution in [3.63, 3.8) is 0 Å². The SMILES string of the molecule is CCC(Sc1cccc(NC(=O)/C(=C\c2c(Cl)cccc2Cl)NC(=O)c2ccccc2)c1)C(=O)Nc1sc(C(=O)Nc2ccccc2)c(C)c1C#N. The number of carbonyl (C=O) groups excluding carboxylic acids is 4. The second-order valence-corrected chi connectivity index (χ2v) is 14.3. The summed E-state index contributed by atoms with van der Waals surface area (Å²) in [7, 11) is 0. The van der Waals surface area contributed by atoms with Gasteiger partial charge < -0.3 is 21.3 Å². The summed E-state index contributed by atoms with van der Waals surface area (Å²) in [6, 6.07) is 31.3. The van der Waals surface area contributed by atoms with E-state index in [1.165, 1.54) is 17.8 Å². The second-order valence-electron chi connectivity index (χ2n) is 11.2. The molecule has 1 atom stereocenters. The van der Waals surface area contributed by atoms with Gasteiger partial charge in [0.15, 0.2) is 0 Å². The monoisotopic (exact) mass is 767 g/mol. The van der Waals surface area contributed by atoms with Crippen molar-refractivity contribution in [3.05, 3.63) is 146 Å². The van der Waals surface area contributed by atoms with E-state index in [9.17, 15) is 24.4 Å². The quantitative estimate of drug-likeness (QED) is 0.0737. The number of carbonyl (C=O) groups is 4. The van der Waals surface area contributed by atoms with E-state index >= 15 is 0 Å². The molecule has 0 aliphatic rings. The first-order valence-corrected chi connectivity index (χ1v) is 18.3. The number of hydrogen-bond donors (Lipinski definition) is 4. The zero-order valence-corrected chi connectivity index (χ0v) is 31.0. The van der Waals surface area contributed by atoms with Gasteiger partial charge in [-0.2, -0.15) is 5.26 Å². The van der Waals surface area contributed by atoms with Crippen LogP contribution in [-0.4, -0.2) is 28.9 Å². The van der Waals surface area contributed by atoms with Crippen LogP contribution in [0.3, 0.4) is 0 Å². The van der Waals surface area contributed by atoms with Gasteiger partial charge in [-0.15, -0.1) is 23.1 Å². The molecule has 4 aromatic carbocycles. The topological polar surface area (TPSA) is 140 Å². The molecule has 1 heterocycles. The van der Waals surface area contributed by atoms with E-state index in [4.69, 9.17) is 23.2 Å². The van der Waals surface area contributed by atoms with E-state index in [0.29, 0.717) is 59.3 Å². The Kier molecular flexibility index (Phi) is 12.9. The predicted octanol–water partition coefficient (Wildman–Crippen LogP) is 9.41. The fraction of sp³-hybridized carbons (Fsp3) is 0.103. The van der Waals surface area contributed by atoms with Gasteiger partial charge in [0, 0.05) is 37.4 Å². The lowest BCUT2D eigenvalue weighted by molar-refractivity contribution is -0.116. The maximum Gasteiger partial charge on any atom is 0.272 e. The highest BCUT2D eigenvalue weighted by molar-refractivity contribution is 8.00. The van der Waals surface area contributed by atoms with Crippen molar-refractivity contribution in [2.45, 2.75) is 30.4 Å². The molecule has 0 radical (unpaired) electrons. The highest BCUT2D eigenvalue weighted by Gasteiger charge is 2.25. The number of thiophene rings is 1. The molecule has 13 heteroatoms. The predicted molar refractivity (Wildman–Crippen MR) is 210 cm³/mol. The number of benzene rings is 4. The molecule has 4 N–H and O–H groups in total. The molecule has 9 nitrogen and oxygen atoms in total. The summed E-state index contributed by atoms with van der Waals surface area (Å²) >= 11 is 15.1. The van der Waals surface area contributed by atoms with Gasteiger partial charge >= 0.3 is 0 Å². The van der Waals surface area contributed by atoms with Crippen molar-refractivity contribution in [2.24, 2.45) is 0 Å². The zero-order valence-electron chi connectivity index (χ0n) is 27.8. The van der Waals surface area contributed by atoms with Gasteiger partial charge in [-0.05, 0) is 79.6 Å². The first-order chi connectivity index (χ1) is 25.1. The summed E-state index contributed by atoms with van der Waals surface area (Å²) < 4.78 is 0. The third kappa shape index (κ3) is 9.48. The Morgan fingerprint density at radius 3 is 2.12 bits per heavy atom. The number of para-hydroxylation sites is 1. The lowest BCUT2D eigenvalue weighted by Gasteiger charge is -2.16. The Labute approximate surface area is 319 Å². The van der Waals surface area contributed by atoms with Gasteiger partial charge in [0.25, 0.3) is 17.7 Å². The Bertz CT molecular complexity index is 2180. The largest absolute Gasteiger partial charge is 0.321 e. The van der Waals surface area contributed by atoms with Crippen LogP contribution in [0.1, 0.15) is 50.1 Å². The molecule has 262 valence electrons. The molecule has 52 heavy (non-hydrogen) atoms. The molecule has 5 aromatic rings. The number of rotatable bonds is 12. The summed E-state index contributed by atoms with van der Waals surface area (Å²) in [5, 5.41) is 21.3. The van der Waals surface area contributed by atoms with Gasteiger partial charge in [0.05, 0.1) is 15.7 Å². The molecule has 0 spiro atoms. The minimum atomic E-state index is -0.628. The highest BCUT2D eigenvalue weighted by Crippen LogP contribution is 2.35. The Morgan fingerprint density at radius 1 is 0.827 bits per heavy atom. The van der Waals surface area contributed by atoms with Crippen molar-refractivity contribution >= 4 is 92.4 Å². The van der Waals surface area contributed by atoms with E-state index in [1.54, 1.807) is 104 Å². The first kappa shape index (κ1) is 37.9. The normalized spacial score (nSPS) is 11.6. The van der Waals surface area contributed by atoms with Crippen LogP contribution < -0.4 is 21.3 Å². The lowest BCUT2D eigenvalue weighted by atomic mass is 10.1. The number of nitrogens with zero attached hydrogens (tertiary/aromatic N) is 1. The number of thioether (sulfide) groups is 1. The molecule has 0 bridgehead atoms. The van der Waals surface area contributed by atoms with E-state index in [-0.39, 0.29) is 23.1 Å². The molecule has 4 amide bonds. The fourth-order valence-corrected chi connectivity index (χ4v) is 7.50. The van der Waals surface area contributed by atoms with Crippen molar-refractivity contribution in [2.75, 3.05) is 16.0 Å². The van der Waals surface area contributed by atoms with Crippen LogP contribution in [0.4, 0.5) is 16.4 Å². The van der Waals surface area contributed by atoms with Gasteiger partial charge in [0.2, 0.25) is 5.91 Å². The molecule has 0 aliphatic carbocycles. The van der Waals surface area contributed by atoms with Crippen molar-refractivity contribution < 1.29 is 19.2 Å². The summed E-state index contributed by atoms with van der Waals surface area (Å²) in [5.41, 5.74) is 2.33. The summed E-state index contributed by atoms with van der Waals surface area (Å²) in [6.07, 6.45) is 1.85. The third-order valence-electron chi connectivity index (χ3n) is 7.58. The molecule has 1 unspecified atom stereocenters. The second kappa shape index (κ2) is 17.7. The maximum absolute atomic E-state index is 13.6. The lowest BCUT2D eigenvalue weighted by Crippen LogP contribution is -2.30. The zero-order chi connectivity index (χ0) is 37.2. The van der Waals surface area contributed by atoms with Crippen LogP contribution in [0.5, 0.6) is 0 Å². The smallest absolute Gasteiger partial charge is 0.272 e. The summed E-state index contributed by atoms with van der Waals surface area (Å²) in [6.45, 7) is 3.53. The molecule has 0 aliphatic heterocycles. The van der Waals surface area contributed by atoms with Crippen LogP contribution in [0, 0.1) is 18.3 Å². The van der Waals surface area contributed by atoms with Crippen LogP contribution >= 0.6 is 46.3 Å². The molecule has 1 aromatic heterocycles. The van der Waals surface area contributed by atoms with E-state index in [0.717, 1.165) is 11.3 Å². The molecule has 0 saturated carbocycles. The first-order valence-electron chi connectivity index (χ1n) is 15.9. The van der Waals surface area contributed by atoms with Crippen LogP contribution in [-0.2, 0) is 9.59 Å². The summed E-state index contributed by atoms with van der Waals surface area (Å²) in [4.78, 5) is 54.3. The summed E-state index contributed by atoms with van der Waals surface area (Å²) in [5.74, 6) is -1.86. The minimum absolute atomic E-state index is 0.0934. The molecule has 5 rings (SSSR count). The molecule has 0 fully saturated rings. The van der Waals surface area contributed by atoms with Crippen LogP contribution in [0.2, 0.25) is 10.0 Å². The Balaban J connectivity index is 1.31. The van der Waals surface area contributed by atoms with Crippen molar-refractivity contribution in [1.29, 1.82) is 5.26 Å². The third-order valence-corrected chi connectivity index (χ3v) is 10.8. The van der Waals surface area contributed by atoms with Gasteiger partial charge in [-0.3, -0.25) is 19.2 Å². The van der Waals surface area contributed by atoms with E-state index in [1.807, 2.05) is 13.0 Å². The van der Waals surface area contributed by atoms with E-state index < -0.39 is 17.1 Å². The number of anilines is 3. The number of hydrogen-bond acceptors (Lipinski definition) is 7. The van der Waals surface area contributed by atoms with Crippen LogP contribution in [0.25, 0.3) is 6.08 Å². The minimum Gasteiger partial charge on any atom is -0.321 e. The van der Waals surface area contributed by atoms with Gasteiger partial charge in [0.1, 0.15) is 16.8 Å². The average Bonchev–Trinajstić information content (AvgIpc) is 3.46.